The summed E-state index contributed by atoms with van der Waals surface area (Å²) in [5, 5.41) is 9.91. The van der Waals surface area contributed by atoms with Gasteiger partial charge < -0.3 is 14.7 Å². The molecule has 0 radical (unpaired) electrons. The third-order valence-electron chi connectivity index (χ3n) is 3.51. The number of ether oxygens (including phenoxy) is 1. The van der Waals surface area contributed by atoms with Gasteiger partial charge >= 0.3 is 0 Å². The van der Waals surface area contributed by atoms with Crippen molar-refractivity contribution < 1.29 is 9.84 Å². The highest BCUT2D eigenvalue weighted by Crippen LogP contribution is 2.20. The van der Waals surface area contributed by atoms with E-state index in [-0.39, 0.29) is 0 Å². The van der Waals surface area contributed by atoms with E-state index in [1.165, 1.54) is 11.1 Å². The quantitative estimate of drug-likeness (QED) is 0.813. The number of benzene rings is 2. The number of para-hydroxylation sites is 1. The van der Waals surface area contributed by atoms with Crippen molar-refractivity contribution in [3.05, 3.63) is 65.7 Å². The molecule has 0 saturated heterocycles. The van der Waals surface area contributed by atoms with Crippen molar-refractivity contribution in [3.8, 4) is 5.75 Å². The number of aliphatic hydroxyl groups is 1. The summed E-state index contributed by atoms with van der Waals surface area (Å²) < 4.78 is 5.81. The molecule has 1 N–H and O–H groups in total. The molecule has 118 valence electrons. The molecule has 0 saturated carbocycles. The van der Waals surface area contributed by atoms with E-state index in [4.69, 9.17) is 4.74 Å². The summed E-state index contributed by atoms with van der Waals surface area (Å²) in [6.45, 7) is 0.923. The molecule has 0 unspecified atom stereocenters. The van der Waals surface area contributed by atoms with E-state index in [9.17, 15) is 5.11 Å². The molecule has 0 fully saturated rings. The summed E-state index contributed by atoms with van der Waals surface area (Å²) in [6, 6.07) is 18.5. The molecule has 0 aromatic heterocycles. The van der Waals surface area contributed by atoms with Crippen LogP contribution in [-0.4, -0.2) is 43.4 Å². The highest BCUT2D eigenvalue weighted by molar-refractivity contribution is 5.34. The zero-order valence-corrected chi connectivity index (χ0v) is 13.4. The normalized spacial score (nSPS) is 12.4. The molecular weight excluding hydrogens is 274 g/mol. The number of nitrogens with zero attached hydrogens (tertiary/aromatic N) is 1. The molecule has 0 aliphatic heterocycles. The zero-order valence-electron chi connectivity index (χ0n) is 13.4. The van der Waals surface area contributed by atoms with Crippen molar-refractivity contribution in [1.82, 2.24) is 4.90 Å². The summed E-state index contributed by atoms with van der Waals surface area (Å²) in [6.07, 6.45) is 1.45. The van der Waals surface area contributed by atoms with Crippen molar-refractivity contribution in [1.29, 1.82) is 0 Å². The van der Waals surface area contributed by atoms with Gasteiger partial charge in [0.1, 0.15) is 18.5 Å². The van der Waals surface area contributed by atoms with Crippen LogP contribution in [0, 0.1) is 0 Å². The number of hydrogen-bond donors (Lipinski definition) is 1. The van der Waals surface area contributed by atoms with E-state index >= 15 is 0 Å². The van der Waals surface area contributed by atoms with Gasteiger partial charge in [-0.25, -0.2) is 0 Å². The van der Waals surface area contributed by atoms with Crippen molar-refractivity contribution in [2.75, 3.05) is 27.2 Å². The maximum absolute atomic E-state index is 9.91. The fourth-order valence-electron chi connectivity index (χ4n) is 2.44. The number of likely N-dealkylation sites (N-methyl/N-ethyl adjacent to an activating group) is 1. The minimum Gasteiger partial charge on any atom is -0.491 e. The van der Waals surface area contributed by atoms with Crippen LogP contribution in [0.1, 0.15) is 11.1 Å². The Kier molecular flexibility index (Phi) is 6.44. The number of rotatable bonds is 8. The van der Waals surface area contributed by atoms with Gasteiger partial charge in [-0.05, 0) is 44.1 Å². The first-order chi connectivity index (χ1) is 10.6. The van der Waals surface area contributed by atoms with Gasteiger partial charge in [0, 0.05) is 6.54 Å². The van der Waals surface area contributed by atoms with Gasteiger partial charge in [-0.15, -0.1) is 0 Å². The van der Waals surface area contributed by atoms with Crippen molar-refractivity contribution in [2.45, 2.75) is 18.9 Å². The Labute approximate surface area is 133 Å². The van der Waals surface area contributed by atoms with Crippen LogP contribution in [0.3, 0.4) is 0 Å². The van der Waals surface area contributed by atoms with Crippen molar-refractivity contribution in [3.63, 3.8) is 0 Å². The van der Waals surface area contributed by atoms with Crippen LogP contribution < -0.4 is 4.74 Å². The molecule has 0 amide bonds. The highest BCUT2D eigenvalue weighted by atomic mass is 16.5. The van der Waals surface area contributed by atoms with E-state index in [2.05, 4.69) is 30.3 Å². The molecule has 0 aliphatic rings. The second kappa shape index (κ2) is 8.57. The standard InChI is InChI=1S/C19H25NO2/c1-20(2)14-18(21)15-22-19-11-7-6-10-17(19)13-12-16-8-4-3-5-9-16/h3-11,18,21H,12-15H2,1-2H3/t18-/m0/s1. The van der Waals surface area contributed by atoms with Crippen LogP contribution in [0.25, 0.3) is 0 Å². The first-order valence-corrected chi connectivity index (χ1v) is 7.72. The third kappa shape index (κ3) is 5.51. The molecule has 22 heavy (non-hydrogen) atoms. The smallest absolute Gasteiger partial charge is 0.122 e. The van der Waals surface area contributed by atoms with E-state index in [1.807, 2.05) is 43.3 Å². The monoisotopic (exact) mass is 299 g/mol. The lowest BCUT2D eigenvalue weighted by Crippen LogP contribution is -2.30. The number of aliphatic hydroxyl groups excluding tert-OH is 1. The fourth-order valence-corrected chi connectivity index (χ4v) is 2.44. The summed E-state index contributed by atoms with van der Waals surface area (Å²) in [5.41, 5.74) is 2.51. The SMILES string of the molecule is CN(C)C[C@H](O)COc1ccccc1CCc1ccccc1. The minimum atomic E-state index is -0.475. The number of hydrogen-bond acceptors (Lipinski definition) is 3. The molecule has 0 heterocycles. The molecule has 3 heteroatoms. The van der Waals surface area contributed by atoms with Gasteiger partial charge in [0.2, 0.25) is 0 Å². The molecule has 3 nitrogen and oxygen atoms in total. The molecule has 0 spiro atoms. The maximum atomic E-state index is 9.91. The van der Waals surface area contributed by atoms with Gasteiger partial charge in [0.25, 0.3) is 0 Å². The van der Waals surface area contributed by atoms with Crippen LogP contribution >= 0.6 is 0 Å². The first kappa shape index (κ1) is 16.5. The van der Waals surface area contributed by atoms with Gasteiger partial charge in [0.15, 0.2) is 0 Å². The Hall–Kier alpha value is -1.84. The maximum Gasteiger partial charge on any atom is 0.122 e. The van der Waals surface area contributed by atoms with Gasteiger partial charge in [-0.2, -0.15) is 0 Å². The van der Waals surface area contributed by atoms with Crippen LogP contribution in [-0.2, 0) is 12.8 Å². The molecule has 1 atom stereocenters. The van der Waals surface area contributed by atoms with E-state index in [0.29, 0.717) is 13.2 Å². The second-order valence-electron chi connectivity index (χ2n) is 5.82. The van der Waals surface area contributed by atoms with E-state index in [1.54, 1.807) is 0 Å². The average Bonchev–Trinajstić information content (AvgIpc) is 2.52. The third-order valence-corrected chi connectivity index (χ3v) is 3.51. The Morgan fingerprint density at radius 3 is 2.36 bits per heavy atom. The highest BCUT2D eigenvalue weighted by Gasteiger charge is 2.09. The van der Waals surface area contributed by atoms with Crippen LogP contribution in [0.15, 0.2) is 54.6 Å². The van der Waals surface area contributed by atoms with Crippen LogP contribution in [0.4, 0.5) is 0 Å². The summed E-state index contributed by atoms with van der Waals surface area (Å²) in [4.78, 5) is 1.95. The molecular formula is C19H25NO2. The first-order valence-electron chi connectivity index (χ1n) is 7.72. The summed E-state index contributed by atoms with van der Waals surface area (Å²) in [5.74, 6) is 0.872. The minimum absolute atomic E-state index is 0.320. The van der Waals surface area contributed by atoms with Gasteiger partial charge in [-0.3, -0.25) is 0 Å². The predicted molar refractivity (Wildman–Crippen MR) is 90.3 cm³/mol. The topological polar surface area (TPSA) is 32.7 Å². The summed E-state index contributed by atoms with van der Waals surface area (Å²) >= 11 is 0. The Morgan fingerprint density at radius 1 is 0.955 bits per heavy atom. The molecule has 2 rings (SSSR count). The molecule has 0 bridgehead atoms. The number of aryl methyl sites for hydroxylation is 2. The molecule has 0 aliphatic carbocycles. The lowest BCUT2D eigenvalue weighted by molar-refractivity contribution is 0.0827. The van der Waals surface area contributed by atoms with Crippen molar-refractivity contribution >= 4 is 0 Å². The fraction of sp³-hybridized carbons (Fsp3) is 0.368. The lowest BCUT2D eigenvalue weighted by Gasteiger charge is -2.18. The largest absolute Gasteiger partial charge is 0.491 e. The van der Waals surface area contributed by atoms with Crippen LogP contribution in [0.2, 0.25) is 0 Å². The Bertz CT molecular complexity index is 554. The lowest BCUT2D eigenvalue weighted by atomic mass is 10.0. The van der Waals surface area contributed by atoms with Gasteiger partial charge in [-0.1, -0.05) is 48.5 Å². The van der Waals surface area contributed by atoms with E-state index < -0.39 is 6.10 Å². The van der Waals surface area contributed by atoms with E-state index in [0.717, 1.165) is 18.6 Å². The van der Waals surface area contributed by atoms with Crippen molar-refractivity contribution in [2.24, 2.45) is 0 Å². The second-order valence-corrected chi connectivity index (χ2v) is 5.82. The average molecular weight is 299 g/mol. The van der Waals surface area contributed by atoms with Gasteiger partial charge in [0.05, 0.1) is 0 Å². The Balaban J connectivity index is 1.92. The Morgan fingerprint density at radius 2 is 1.64 bits per heavy atom. The summed E-state index contributed by atoms with van der Waals surface area (Å²) in [7, 11) is 3.88. The molecule has 2 aromatic rings. The zero-order chi connectivity index (χ0) is 15.8. The predicted octanol–water partition coefficient (Wildman–Crippen LogP) is 2.77. The molecule has 2 aromatic carbocycles. The van der Waals surface area contributed by atoms with Crippen LogP contribution in [0.5, 0.6) is 5.75 Å².